The van der Waals surface area contributed by atoms with Crippen LogP contribution in [0.2, 0.25) is 0 Å². The van der Waals surface area contributed by atoms with Gasteiger partial charge in [-0.1, -0.05) is 12.1 Å². The summed E-state index contributed by atoms with van der Waals surface area (Å²) in [6, 6.07) is 8.17. The van der Waals surface area contributed by atoms with E-state index in [9.17, 15) is 0 Å². The topological polar surface area (TPSA) is 50.1 Å². The van der Waals surface area contributed by atoms with E-state index in [0.717, 1.165) is 23.4 Å². The number of aromatic nitrogens is 2. The summed E-state index contributed by atoms with van der Waals surface area (Å²) in [5.41, 5.74) is 3.13. The first-order chi connectivity index (χ1) is 8.69. The van der Waals surface area contributed by atoms with Crippen LogP contribution in [-0.2, 0) is 13.2 Å². The van der Waals surface area contributed by atoms with Crippen LogP contribution >= 0.6 is 0 Å². The fraction of sp³-hybridized carbons (Fsp3) is 0.357. The molecule has 0 bridgehead atoms. The summed E-state index contributed by atoms with van der Waals surface area (Å²) in [4.78, 5) is 0. The Morgan fingerprint density at radius 1 is 1.22 bits per heavy atom. The zero-order valence-corrected chi connectivity index (χ0v) is 10.8. The second kappa shape index (κ2) is 5.69. The minimum Gasteiger partial charge on any atom is -0.392 e. The minimum absolute atomic E-state index is 0.0848. The molecule has 2 aromatic rings. The molecular weight excluding hydrogens is 226 g/mol. The maximum absolute atomic E-state index is 8.96. The molecule has 0 spiro atoms. The maximum atomic E-state index is 8.96. The first-order valence-electron chi connectivity index (χ1n) is 6.15. The smallest absolute Gasteiger partial charge is 0.0681 e. The quantitative estimate of drug-likeness (QED) is 0.851. The summed E-state index contributed by atoms with van der Waals surface area (Å²) < 4.78 is 1.95. The van der Waals surface area contributed by atoms with E-state index >= 15 is 0 Å². The molecule has 1 aromatic carbocycles. The number of hydrogen-bond acceptors (Lipinski definition) is 3. The van der Waals surface area contributed by atoms with Crippen molar-refractivity contribution in [3.8, 4) is 0 Å². The number of nitrogens with zero attached hydrogens (tertiary/aromatic N) is 2. The summed E-state index contributed by atoms with van der Waals surface area (Å²) >= 11 is 0. The molecule has 96 valence electrons. The van der Waals surface area contributed by atoms with Gasteiger partial charge in [0, 0.05) is 30.0 Å². The lowest BCUT2D eigenvalue weighted by atomic mass is 10.2. The van der Waals surface area contributed by atoms with Gasteiger partial charge in [-0.2, -0.15) is 5.10 Å². The lowest BCUT2D eigenvalue weighted by Gasteiger charge is -2.06. The fourth-order valence-electron chi connectivity index (χ4n) is 1.68. The molecule has 0 aliphatic heterocycles. The molecule has 2 N–H and O–H groups in total. The molecule has 0 radical (unpaired) electrons. The van der Waals surface area contributed by atoms with Gasteiger partial charge in [0.25, 0.3) is 0 Å². The Balaban J connectivity index is 1.93. The SMILES string of the molecule is CC(C)n1cc(CNc2ccc(CO)cc2)cn1. The van der Waals surface area contributed by atoms with Crippen LogP contribution in [0.1, 0.15) is 31.0 Å². The van der Waals surface area contributed by atoms with Gasteiger partial charge in [0.05, 0.1) is 12.8 Å². The zero-order valence-electron chi connectivity index (χ0n) is 10.8. The van der Waals surface area contributed by atoms with Gasteiger partial charge in [0.2, 0.25) is 0 Å². The average molecular weight is 245 g/mol. The van der Waals surface area contributed by atoms with Crippen LogP contribution in [0.5, 0.6) is 0 Å². The standard InChI is InChI=1S/C14H19N3O/c1-11(2)17-9-13(8-16-17)7-15-14-5-3-12(10-18)4-6-14/h3-6,8-9,11,15,18H,7,10H2,1-2H3. The second-order valence-corrected chi connectivity index (χ2v) is 4.63. The van der Waals surface area contributed by atoms with Crippen LogP contribution in [0.4, 0.5) is 5.69 Å². The van der Waals surface area contributed by atoms with Crippen molar-refractivity contribution in [2.75, 3.05) is 5.32 Å². The third-order valence-electron chi connectivity index (χ3n) is 2.82. The molecule has 1 heterocycles. The fourth-order valence-corrected chi connectivity index (χ4v) is 1.68. The van der Waals surface area contributed by atoms with Crippen molar-refractivity contribution in [3.05, 3.63) is 47.8 Å². The molecule has 0 saturated carbocycles. The van der Waals surface area contributed by atoms with Gasteiger partial charge in [-0.3, -0.25) is 4.68 Å². The Hall–Kier alpha value is -1.81. The van der Waals surface area contributed by atoms with E-state index < -0.39 is 0 Å². The van der Waals surface area contributed by atoms with Crippen LogP contribution in [0, 0.1) is 0 Å². The highest BCUT2D eigenvalue weighted by Crippen LogP contribution is 2.12. The predicted molar refractivity (Wildman–Crippen MR) is 72.3 cm³/mol. The first kappa shape index (κ1) is 12.6. The number of benzene rings is 1. The van der Waals surface area contributed by atoms with Gasteiger partial charge in [-0.05, 0) is 31.5 Å². The highest BCUT2D eigenvalue weighted by atomic mass is 16.3. The molecule has 4 nitrogen and oxygen atoms in total. The van der Waals surface area contributed by atoms with Crippen molar-refractivity contribution < 1.29 is 5.11 Å². The zero-order chi connectivity index (χ0) is 13.0. The van der Waals surface area contributed by atoms with Gasteiger partial charge < -0.3 is 10.4 Å². The molecule has 0 amide bonds. The summed E-state index contributed by atoms with van der Waals surface area (Å²) in [6.45, 7) is 5.06. The first-order valence-corrected chi connectivity index (χ1v) is 6.15. The van der Waals surface area contributed by atoms with Gasteiger partial charge >= 0.3 is 0 Å². The Kier molecular flexibility index (Phi) is 3.99. The molecule has 0 saturated heterocycles. The molecule has 1 aromatic heterocycles. The van der Waals surface area contributed by atoms with Gasteiger partial charge in [0.15, 0.2) is 0 Å². The molecule has 18 heavy (non-hydrogen) atoms. The number of aliphatic hydroxyl groups excluding tert-OH is 1. The molecule has 2 rings (SSSR count). The van der Waals surface area contributed by atoms with E-state index in [1.807, 2.05) is 35.1 Å². The summed E-state index contributed by atoms with van der Waals surface area (Å²) in [5.74, 6) is 0. The summed E-state index contributed by atoms with van der Waals surface area (Å²) in [7, 11) is 0. The van der Waals surface area contributed by atoms with Crippen molar-refractivity contribution >= 4 is 5.69 Å². The van der Waals surface area contributed by atoms with E-state index in [1.54, 1.807) is 0 Å². The minimum atomic E-state index is 0.0848. The third kappa shape index (κ3) is 3.11. The van der Waals surface area contributed by atoms with Gasteiger partial charge in [0.1, 0.15) is 0 Å². The highest BCUT2D eigenvalue weighted by Gasteiger charge is 2.01. The molecule has 0 atom stereocenters. The maximum Gasteiger partial charge on any atom is 0.0681 e. The summed E-state index contributed by atoms with van der Waals surface area (Å²) in [5, 5.41) is 16.6. The molecule has 0 unspecified atom stereocenters. The van der Waals surface area contributed by atoms with E-state index in [-0.39, 0.29) is 6.61 Å². The van der Waals surface area contributed by atoms with E-state index in [4.69, 9.17) is 5.11 Å². The Bertz CT molecular complexity index is 488. The number of rotatable bonds is 5. The van der Waals surface area contributed by atoms with Crippen molar-refractivity contribution in [3.63, 3.8) is 0 Å². The van der Waals surface area contributed by atoms with Crippen LogP contribution < -0.4 is 5.32 Å². The Morgan fingerprint density at radius 3 is 2.50 bits per heavy atom. The number of hydrogen-bond donors (Lipinski definition) is 2. The van der Waals surface area contributed by atoms with Gasteiger partial charge in [-0.15, -0.1) is 0 Å². The van der Waals surface area contributed by atoms with Crippen LogP contribution in [0.3, 0.4) is 0 Å². The molecular formula is C14H19N3O. The monoisotopic (exact) mass is 245 g/mol. The lowest BCUT2D eigenvalue weighted by Crippen LogP contribution is -2.01. The number of anilines is 1. The van der Waals surface area contributed by atoms with E-state index in [2.05, 4.69) is 30.5 Å². The second-order valence-electron chi connectivity index (χ2n) is 4.63. The predicted octanol–water partition coefficient (Wildman–Crippen LogP) is 2.57. The molecule has 0 fully saturated rings. The lowest BCUT2D eigenvalue weighted by molar-refractivity contribution is 0.282. The van der Waals surface area contributed by atoms with Crippen LogP contribution in [0.25, 0.3) is 0 Å². The van der Waals surface area contributed by atoms with Crippen molar-refractivity contribution in [2.24, 2.45) is 0 Å². The summed E-state index contributed by atoms with van der Waals surface area (Å²) in [6.07, 6.45) is 3.94. The van der Waals surface area contributed by atoms with Crippen LogP contribution in [0.15, 0.2) is 36.7 Å². The van der Waals surface area contributed by atoms with Crippen LogP contribution in [-0.4, -0.2) is 14.9 Å². The molecule has 0 aliphatic carbocycles. The average Bonchev–Trinajstić information content (AvgIpc) is 2.86. The molecule has 4 heteroatoms. The normalized spacial score (nSPS) is 10.9. The van der Waals surface area contributed by atoms with Crippen molar-refractivity contribution in [2.45, 2.75) is 33.0 Å². The van der Waals surface area contributed by atoms with Crippen molar-refractivity contribution in [1.82, 2.24) is 9.78 Å². The van der Waals surface area contributed by atoms with Gasteiger partial charge in [-0.25, -0.2) is 0 Å². The van der Waals surface area contributed by atoms with E-state index in [1.165, 1.54) is 0 Å². The Labute approximate surface area is 107 Å². The van der Waals surface area contributed by atoms with Crippen molar-refractivity contribution in [1.29, 1.82) is 0 Å². The molecule has 0 aliphatic rings. The number of aliphatic hydroxyl groups is 1. The largest absolute Gasteiger partial charge is 0.392 e. The highest BCUT2D eigenvalue weighted by molar-refractivity contribution is 5.44. The third-order valence-corrected chi connectivity index (χ3v) is 2.82. The van der Waals surface area contributed by atoms with E-state index in [0.29, 0.717) is 6.04 Å². The Morgan fingerprint density at radius 2 is 1.94 bits per heavy atom. The number of nitrogens with one attached hydrogen (secondary N) is 1.